The molecule has 0 aliphatic carbocycles. The predicted octanol–water partition coefficient (Wildman–Crippen LogP) is 4.64. The van der Waals surface area contributed by atoms with Gasteiger partial charge in [-0.25, -0.2) is 0 Å². The number of carbonyl (C=O) groups is 3. The molecule has 8 nitrogen and oxygen atoms in total. The summed E-state index contributed by atoms with van der Waals surface area (Å²) in [6.07, 6.45) is 3.00. The number of hydrogen-bond acceptors (Lipinski definition) is 4. The molecule has 5 aromatic rings. The Kier molecular flexibility index (Phi) is 6.36. The number of amides is 3. The van der Waals surface area contributed by atoms with Crippen molar-refractivity contribution in [3.63, 3.8) is 0 Å². The van der Waals surface area contributed by atoms with E-state index in [0.29, 0.717) is 11.1 Å². The number of aryl methyl sites for hydroxylation is 1. The molecule has 0 fully saturated rings. The molecular formula is C32H27N5O3. The van der Waals surface area contributed by atoms with Crippen molar-refractivity contribution in [3.8, 4) is 11.3 Å². The van der Waals surface area contributed by atoms with Crippen molar-refractivity contribution in [1.29, 1.82) is 0 Å². The molecule has 1 aliphatic heterocycles. The third kappa shape index (κ3) is 4.10. The van der Waals surface area contributed by atoms with E-state index < -0.39 is 23.9 Å². The van der Waals surface area contributed by atoms with E-state index in [1.165, 1.54) is 12.4 Å². The molecule has 0 saturated carbocycles. The molecule has 2 N–H and O–H groups in total. The van der Waals surface area contributed by atoms with Crippen LogP contribution >= 0.6 is 0 Å². The minimum atomic E-state index is -0.898. The zero-order chi connectivity index (χ0) is 27.8. The number of nitrogens with one attached hydrogen (secondary N) is 2. The summed E-state index contributed by atoms with van der Waals surface area (Å²) in [5, 5.41) is 1.00. The number of fused-ring (bicyclic) bond motifs is 2. The maximum Gasteiger partial charge on any atom is 0.269 e. The van der Waals surface area contributed by atoms with Gasteiger partial charge in [-0.1, -0.05) is 66.7 Å². The topological polar surface area (TPSA) is 96.3 Å². The van der Waals surface area contributed by atoms with Crippen LogP contribution in [0.15, 0.2) is 103 Å². The van der Waals surface area contributed by atoms with Crippen LogP contribution in [0.4, 0.5) is 0 Å². The zero-order valence-electron chi connectivity index (χ0n) is 22.0. The molecular weight excluding hydrogens is 502 g/mol. The van der Waals surface area contributed by atoms with Crippen LogP contribution in [0.5, 0.6) is 0 Å². The molecule has 3 aromatic carbocycles. The Morgan fingerprint density at radius 2 is 1.52 bits per heavy atom. The lowest BCUT2D eigenvalue weighted by atomic mass is 9.92. The van der Waals surface area contributed by atoms with E-state index in [9.17, 15) is 14.4 Å². The van der Waals surface area contributed by atoms with Gasteiger partial charge >= 0.3 is 0 Å². The fraction of sp³-hybridized carbons (Fsp3) is 0.125. The van der Waals surface area contributed by atoms with Gasteiger partial charge < -0.3 is 9.47 Å². The first-order valence-electron chi connectivity index (χ1n) is 13.0. The number of pyridine rings is 1. The van der Waals surface area contributed by atoms with E-state index >= 15 is 0 Å². The van der Waals surface area contributed by atoms with Crippen molar-refractivity contribution in [3.05, 3.63) is 126 Å². The second-order valence-electron chi connectivity index (χ2n) is 9.76. The van der Waals surface area contributed by atoms with Crippen LogP contribution in [0.1, 0.15) is 44.8 Å². The molecule has 8 heteroatoms. The van der Waals surface area contributed by atoms with Crippen molar-refractivity contribution in [2.24, 2.45) is 7.05 Å². The van der Waals surface area contributed by atoms with E-state index in [2.05, 4.69) is 44.7 Å². The molecule has 2 aromatic heterocycles. The number of aromatic nitrogens is 2. The number of para-hydroxylation sites is 1. The Bertz CT molecular complexity index is 1750. The molecule has 1 aliphatic rings. The van der Waals surface area contributed by atoms with E-state index in [0.717, 1.165) is 33.3 Å². The SMILES string of the molecule is CC(C(=O)NNC(=O)c1ccncc1)N1C(=O)c2ccccc2C1c1c(-c2ccccc2)n(C)c2ccccc12. The highest BCUT2D eigenvalue weighted by Crippen LogP contribution is 2.47. The molecule has 0 bridgehead atoms. The van der Waals surface area contributed by atoms with E-state index in [1.54, 1.807) is 30.0 Å². The summed E-state index contributed by atoms with van der Waals surface area (Å²) in [6, 6.07) is 27.3. The number of benzene rings is 3. The molecule has 3 amide bonds. The van der Waals surface area contributed by atoms with Crippen LogP contribution in [-0.4, -0.2) is 38.2 Å². The lowest BCUT2D eigenvalue weighted by molar-refractivity contribution is -0.126. The van der Waals surface area contributed by atoms with Gasteiger partial charge in [-0.2, -0.15) is 0 Å². The van der Waals surface area contributed by atoms with Gasteiger partial charge in [0.25, 0.3) is 17.7 Å². The maximum absolute atomic E-state index is 13.9. The molecule has 6 rings (SSSR count). The van der Waals surface area contributed by atoms with Gasteiger partial charge in [0.05, 0.1) is 11.7 Å². The second-order valence-corrected chi connectivity index (χ2v) is 9.76. The number of hydrogen-bond donors (Lipinski definition) is 2. The molecule has 0 saturated heterocycles. The van der Waals surface area contributed by atoms with Gasteiger partial charge in [0, 0.05) is 47.0 Å². The second kappa shape index (κ2) is 10.1. The first-order valence-corrected chi connectivity index (χ1v) is 13.0. The Labute approximate surface area is 231 Å². The Morgan fingerprint density at radius 3 is 2.30 bits per heavy atom. The first-order chi connectivity index (χ1) is 19.5. The monoisotopic (exact) mass is 529 g/mol. The maximum atomic E-state index is 13.9. The van der Waals surface area contributed by atoms with Crippen LogP contribution in [-0.2, 0) is 11.8 Å². The number of nitrogens with zero attached hydrogens (tertiary/aromatic N) is 3. The van der Waals surface area contributed by atoms with Gasteiger partial charge in [-0.3, -0.25) is 30.2 Å². The Balaban J connectivity index is 1.44. The normalized spacial score (nSPS) is 15.1. The van der Waals surface area contributed by atoms with Crippen LogP contribution in [0.2, 0.25) is 0 Å². The third-order valence-electron chi connectivity index (χ3n) is 7.50. The van der Waals surface area contributed by atoms with Gasteiger partial charge in [0.2, 0.25) is 0 Å². The minimum Gasteiger partial charge on any atom is -0.343 e. The summed E-state index contributed by atoms with van der Waals surface area (Å²) in [5.41, 5.74) is 10.7. The molecule has 0 spiro atoms. The quantitative estimate of drug-likeness (QED) is 0.325. The van der Waals surface area contributed by atoms with Crippen LogP contribution in [0.3, 0.4) is 0 Å². The van der Waals surface area contributed by atoms with Crippen LogP contribution in [0, 0.1) is 0 Å². The summed E-state index contributed by atoms with van der Waals surface area (Å²) in [5.74, 6) is -1.22. The van der Waals surface area contributed by atoms with Gasteiger partial charge in [0.15, 0.2) is 0 Å². The zero-order valence-corrected chi connectivity index (χ0v) is 22.0. The van der Waals surface area contributed by atoms with Crippen LogP contribution in [0.25, 0.3) is 22.2 Å². The van der Waals surface area contributed by atoms with Gasteiger partial charge in [-0.05, 0) is 42.3 Å². The highest BCUT2D eigenvalue weighted by molar-refractivity contribution is 6.04. The average molecular weight is 530 g/mol. The van der Waals surface area contributed by atoms with Gasteiger partial charge in [0.1, 0.15) is 6.04 Å². The van der Waals surface area contributed by atoms with E-state index in [4.69, 9.17) is 0 Å². The summed E-state index contributed by atoms with van der Waals surface area (Å²) in [6.45, 7) is 1.68. The molecule has 40 heavy (non-hydrogen) atoms. The Morgan fingerprint density at radius 1 is 0.850 bits per heavy atom. The molecule has 2 unspecified atom stereocenters. The first kappa shape index (κ1) is 25.1. The van der Waals surface area contributed by atoms with E-state index in [-0.39, 0.29) is 5.91 Å². The highest BCUT2D eigenvalue weighted by Gasteiger charge is 2.44. The van der Waals surface area contributed by atoms with Crippen molar-refractivity contribution in [2.45, 2.75) is 19.0 Å². The predicted molar refractivity (Wildman–Crippen MR) is 152 cm³/mol. The molecule has 3 heterocycles. The highest BCUT2D eigenvalue weighted by atomic mass is 16.2. The molecule has 2 atom stereocenters. The fourth-order valence-electron chi connectivity index (χ4n) is 5.60. The summed E-state index contributed by atoms with van der Waals surface area (Å²) >= 11 is 0. The van der Waals surface area contributed by atoms with E-state index in [1.807, 2.05) is 55.6 Å². The molecule has 0 radical (unpaired) electrons. The summed E-state index contributed by atoms with van der Waals surface area (Å²) in [4.78, 5) is 45.4. The Hall–Kier alpha value is -5.24. The standard InChI is InChI=1S/C32H27N5O3/c1-20(30(38)34-35-31(39)22-16-18-33-19-17-22)37-29(23-12-6-7-13-24(23)32(37)40)27-25-14-8-9-15-26(25)36(2)28(27)21-10-4-3-5-11-21/h3-20,29H,1-2H3,(H,34,38)(H,35,39). The lowest BCUT2D eigenvalue weighted by Crippen LogP contribution is -2.52. The van der Waals surface area contributed by atoms with Crippen molar-refractivity contribution in [2.75, 3.05) is 0 Å². The minimum absolute atomic E-state index is 0.240. The van der Waals surface area contributed by atoms with Crippen molar-refractivity contribution < 1.29 is 14.4 Å². The average Bonchev–Trinajstić information content (AvgIpc) is 3.46. The fourth-order valence-corrected chi connectivity index (χ4v) is 5.60. The largest absolute Gasteiger partial charge is 0.343 e. The van der Waals surface area contributed by atoms with Crippen LogP contribution < -0.4 is 10.9 Å². The lowest BCUT2D eigenvalue weighted by Gasteiger charge is -2.31. The smallest absolute Gasteiger partial charge is 0.269 e. The summed E-state index contributed by atoms with van der Waals surface area (Å²) < 4.78 is 2.14. The van der Waals surface area contributed by atoms with Crippen molar-refractivity contribution in [1.82, 2.24) is 25.3 Å². The number of rotatable bonds is 5. The third-order valence-corrected chi connectivity index (χ3v) is 7.50. The van der Waals surface area contributed by atoms with Gasteiger partial charge in [-0.15, -0.1) is 0 Å². The number of carbonyl (C=O) groups excluding carboxylic acids is 3. The summed E-state index contributed by atoms with van der Waals surface area (Å²) in [7, 11) is 2.02. The number of hydrazine groups is 1. The molecule has 198 valence electrons. The van der Waals surface area contributed by atoms with Crippen molar-refractivity contribution >= 4 is 28.6 Å².